The van der Waals surface area contributed by atoms with Crippen LogP contribution in [0.5, 0.6) is 0 Å². The molecule has 1 aliphatic rings. The topological polar surface area (TPSA) is 46.2 Å². The monoisotopic (exact) mass is 125 g/mol. The van der Waals surface area contributed by atoms with E-state index in [1.165, 1.54) is 0 Å². The molecule has 0 spiro atoms. The first kappa shape index (κ1) is 6.16. The molecule has 0 aromatic carbocycles. The van der Waals surface area contributed by atoms with E-state index in [9.17, 15) is 9.59 Å². The predicted molar refractivity (Wildman–Crippen MR) is 32.0 cm³/mol. The van der Waals surface area contributed by atoms with Crippen molar-refractivity contribution in [2.24, 2.45) is 0 Å². The average molecular weight is 125 g/mol. The van der Waals surface area contributed by atoms with Crippen LogP contribution in [0.15, 0.2) is 12.2 Å². The predicted octanol–water partition coefficient (Wildman–Crippen LogP) is -0.718. The van der Waals surface area contributed by atoms with Gasteiger partial charge in [0.15, 0.2) is 6.29 Å². The second-order valence-corrected chi connectivity index (χ2v) is 1.83. The Morgan fingerprint density at radius 3 is 3.00 bits per heavy atom. The summed E-state index contributed by atoms with van der Waals surface area (Å²) in [6.07, 6.45) is 3.86. The summed E-state index contributed by atoms with van der Waals surface area (Å²) in [6, 6.07) is -0.359. The molecule has 0 amide bonds. The summed E-state index contributed by atoms with van der Waals surface area (Å²) in [4.78, 5) is 20.4. The van der Waals surface area contributed by atoms with Crippen molar-refractivity contribution in [1.29, 1.82) is 0 Å². The summed E-state index contributed by atoms with van der Waals surface area (Å²) in [5.41, 5.74) is 0. The van der Waals surface area contributed by atoms with Gasteiger partial charge in [-0.2, -0.15) is 0 Å². The van der Waals surface area contributed by atoms with E-state index in [4.69, 9.17) is 0 Å². The van der Waals surface area contributed by atoms with Gasteiger partial charge in [0, 0.05) is 6.54 Å². The van der Waals surface area contributed by atoms with E-state index in [1.807, 2.05) is 6.08 Å². The van der Waals surface area contributed by atoms with Gasteiger partial charge in [-0.3, -0.25) is 9.59 Å². The molecular formula is C6H7NO2. The lowest BCUT2D eigenvalue weighted by atomic mass is 10.2. The molecule has 1 rings (SSSR count). The highest BCUT2D eigenvalue weighted by Crippen LogP contribution is 1.93. The molecular weight excluding hydrogens is 118 g/mol. The molecule has 0 saturated carbocycles. The smallest absolute Gasteiger partial charge is 0.215 e. The van der Waals surface area contributed by atoms with Crippen LogP contribution in [-0.4, -0.2) is 24.7 Å². The number of aldehydes is 1. The molecule has 1 unspecified atom stereocenters. The van der Waals surface area contributed by atoms with Crippen LogP contribution in [-0.2, 0) is 9.59 Å². The Morgan fingerprint density at radius 1 is 1.78 bits per heavy atom. The Bertz CT molecular complexity index is 162. The van der Waals surface area contributed by atoms with Crippen molar-refractivity contribution < 1.29 is 9.59 Å². The molecule has 3 nitrogen and oxygen atoms in total. The first-order chi connectivity index (χ1) is 4.34. The highest BCUT2D eigenvalue weighted by Gasteiger charge is 2.15. The van der Waals surface area contributed by atoms with Crippen molar-refractivity contribution in [3.05, 3.63) is 12.2 Å². The zero-order chi connectivity index (χ0) is 6.69. The maximum absolute atomic E-state index is 10.5. The van der Waals surface area contributed by atoms with Crippen molar-refractivity contribution in [2.45, 2.75) is 6.04 Å². The van der Waals surface area contributed by atoms with E-state index in [2.05, 4.69) is 5.32 Å². The summed E-state index contributed by atoms with van der Waals surface area (Å²) in [5.74, 6) is -0.399. The molecule has 0 radical (unpaired) electrons. The fraction of sp³-hybridized carbons (Fsp3) is 0.333. The van der Waals surface area contributed by atoms with Gasteiger partial charge in [0.05, 0.1) is 6.04 Å². The number of nitrogens with one attached hydrogen (secondary N) is 1. The van der Waals surface area contributed by atoms with Crippen molar-refractivity contribution >= 4 is 12.1 Å². The maximum Gasteiger partial charge on any atom is 0.215 e. The van der Waals surface area contributed by atoms with Crippen LogP contribution in [0.3, 0.4) is 0 Å². The molecule has 0 aromatic rings. The van der Waals surface area contributed by atoms with Crippen LogP contribution in [0.25, 0.3) is 0 Å². The number of rotatable bonds is 2. The third kappa shape index (κ3) is 1.23. The molecule has 48 valence electrons. The van der Waals surface area contributed by atoms with Gasteiger partial charge in [0.2, 0.25) is 5.78 Å². The summed E-state index contributed by atoms with van der Waals surface area (Å²) in [6.45, 7) is 0.685. The van der Waals surface area contributed by atoms with Crippen molar-refractivity contribution in [2.75, 3.05) is 6.54 Å². The highest BCUT2D eigenvalue weighted by molar-refractivity contribution is 6.28. The van der Waals surface area contributed by atoms with Gasteiger partial charge in [-0.15, -0.1) is 0 Å². The zero-order valence-electron chi connectivity index (χ0n) is 4.83. The SMILES string of the molecule is O=CC(=O)C1C=CCN1. The van der Waals surface area contributed by atoms with Gasteiger partial charge in [-0.25, -0.2) is 0 Å². The third-order valence-electron chi connectivity index (χ3n) is 1.21. The lowest BCUT2D eigenvalue weighted by Gasteiger charge is -1.99. The lowest BCUT2D eigenvalue weighted by molar-refractivity contribution is -0.130. The number of hydrogen-bond donors (Lipinski definition) is 1. The largest absolute Gasteiger partial charge is 0.300 e. The summed E-state index contributed by atoms with van der Waals surface area (Å²) in [7, 11) is 0. The molecule has 0 bridgehead atoms. The molecule has 1 heterocycles. The van der Waals surface area contributed by atoms with Crippen LogP contribution in [0.2, 0.25) is 0 Å². The normalized spacial score (nSPS) is 24.2. The first-order valence-electron chi connectivity index (χ1n) is 2.73. The molecule has 1 aliphatic heterocycles. The van der Waals surface area contributed by atoms with Gasteiger partial charge >= 0.3 is 0 Å². The van der Waals surface area contributed by atoms with Gasteiger partial charge in [0.1, 0.15) is 0 Å². The van der Waals surface area contributed by atoms with Crippen LogP contribution in [0, 0.1) is 0 Å². The van der Waals surface area contributed by atoms with E-state index in [0.29, 0.717) is 12.8 Å². The minimum absolute atomic E-state index is 0.341. The van der Waals surface area contributed by atoms with Crippen molar-refractivity contribution in [3.63, 3.8) is 0 Å². The summed E-state index contributed by atoms with van der Waals surface area (Å²) < 4.78 is 0. The van der Waals surface area contributed by atoms with Crippen LogP contribution in [0.1, 0.15) is 0 Å². The van der Waals surface area contributed by atoms with Gasteiger partial charge < -0.3 is 5.32 Å². The molecule has 0 fully saturated rings. The Hall–Kier alpha value is -0.960. The minimum atomic E-state index is -0.399. The van der Waals surface area contributed by atoms with Crippen LogP contribution in [0.4, 0.5) is 0 Å². The van der Waals surface area contributed by atoms with E-state index >= 15 is 0 Å². The van der Waals surface area contributed by atoms with E-state index < -0.39 is 5.78 Å². The molecule has 0 aromatic heterocycles. The first-order valence-corrected chi connectivity index (χ1v) is 2.73. The molecule has 1 atom stereocenters. The minimum Gasteiger partial charge on any atom is -0.300 e. The van der Waals surface area contributed by atoms with Crippen LogP contribution < -0.4 is 5.32 Å². The Labute approximate surface area is 52.7 Å². The van der Waals surface area contributed by atoms with Crippen molar-refractivity contribution in [1.82, 2.24) is 5.32 Å². The summed E-state index contributed by atoms with van der Waals surface area (Å²) >= 11 is 0. The zero-order valence-corrected chi connectivity index (χ0v) is 4.83. The maximum atomic E-state index is 10.5. The molecule has 3 heteroatoms. The highest BCUT2D eigenvalue weighted by atomic mass is 16.2. The molecule has 9 heavy (non-hydrogen) atoms. The number of Topliss-reactive ketones (excluding diaryl/α,β-unsaturated/α-hetero) is 1. The second-order valence-electron chi connectivity index (χ2n) is 1.83. The standard InChI is InChI=1S/C6H7NO2/c8-4-6(9)5-2-1-3-7-5/h1-2,4-5,7H,3H2. The average Bonchev–Trinajstić information content (AvgIpc) is 2.37. The molecule has 1 N–H and O–H groups in total. The van der Waals surface area contributed by atoms with Crippen molar-refractivity contribution in [3.8, 4) is 0 Å². The van der Waals surface area contributed by atoms with Gasteiger partial charge in [-0.05, 0) is 0 Å². The fourth-order valence-corrected chi connectivity index (χ4v) is 0.736. The summed E-state index contributed by atoms with van der Waals surface area (Å²) in [5, 5.41) is 2.82. The van der Waals surface area contributed by atoms with Gasteiger partial charge in [0.25, 0.3) is 0 Å². The molecule has 0 aliphatic carbocycles. The van der Waals surface area contributed by atoms with Crippen LogP contribution >= 0.6 is 0 Å². The third-order valence-corrected chi connectivity index (χ3v) is 1.21. The second kappa shape index (κ2) is 2.55. The molecule has 0 saturated heterocycles. The van der Waals surface area contributed by atoms with E-state index in [0.717, 1.165) is 0 Å². The van der Waals surface area contributed by atoms with Gasteiger partial charge in [-0.1, -0.05) is 12.2 Å². The number of hydrogen-bond acceptors (Lipinski definition) is 3. The Balaban J connectivity index is 2.52. The fourth-order valence-electron chi connectivity index (χ4n) is 0.736. The lowest BCUT2D eigenvalue weighted by Crippen LogP contribution is -2.31. The Morgan fingerprint density at radius 2 is 2.56 bits per heavy atom. The number of ketones is 1. The van der Waals surface area contributed by atoms with E-state index in [-0.39, 0.29) is 6.04 Å². The van der Waals surface area contributed by atoms with E-state index in [1.54, 1.807) is 6.08 Å². The number of carbonyl (C=O) groups excluding carboxylic acids is 2. The quantitative estimate of drug-likeness (QED) is 0.301. The number of carbonyl (C=O) groups is 2. The Kier molecular flexibility index (Phi) is 1.75.